The summed E-state index contributed by atoms with van der Waals surface area (Å²) < 4.78 is 33.6. The Morgan fingerprint density at radius 1 is 0.906 bits per heavy atom. The summed E-state index contributed by atoms with van der Waals surface area (Å²) in [5.74, 6) is -1.68. The summed E-state index contributed by atoms with van der Waals surface area (Å²) in [5, 5.41) is 0. The second-order valence-electron chi connectivity index (χ2n) is 17.0. The van der Waals surface area contributed by atoms with E-state index in [1.807, 2.05) is 26.0 Å². The molecule has 0 saturated carbocycles. The second kappa shape index (κ2) is 21.0. The van der Waals surface area contributed by atoms with Crippen LogP contribution in [0.3, 0.4) is 0 Å². The Balaban J connectivity index is 1.39. The van der Waals surface area contributed by atoms with E-state index in [0.717, 1.165) is 62.4 Å². The number of ether oxygens (including phenoxy) is 6. The standard InChI is InChI=1S/C48H65N7O9/c1-9-33-27(2)35-24-40-42(31(6)63-21-20-62-19-18-61-17-16-59-7)29(4)37(51-40)22-36-28(3)34(10-11-41(56)60-8)45(52-36)44-46-43(30(5)38(53-46)23-39(33)50-35)47(57)55(48(44)58)13-12-54-14-15-64-32(25-49)26-54/h22-24,28,31-32,34,51,53H,9-21,25-26,49H2,1-8H3/t28-,31?,32?,34-/m0/s1. The maximum absolute atomic E-state index is 15.1. The summed E-state index contributed by atoms with van der Waals surface area (Å²) in [6.45, 7) is 17.9. The minimum absolute atomic E-state index is 0.112. The molecule has 4 aliphatic heterocycles. The molecule has 3 aromatic heterocycles. The summed E-state index contributed by atoms with van der Waals surface area (Å²) in [6.07, 6.45) is 0.823. The number of aryl methyl sites for hydroxylation is 2. The number of nitrogens with one attached hydrogen (secondary N) is 2. The van der Waals surface area contributed by atoms with Gasteiger partial charge >= 0.3 is 5.97 Å². The summed E-state index contributed by atoms with van der Waals surface area (Å²) in [7, 11) is 3.02. The number of carbonyl (C=O) groups is 3. The van der Waals surface area contributed by atoms with Crippen molar-refractivity contribution in [3.8, 4) is 0 Å². The van der Waals surface area contributed by atoms with E-state index in [2.05, 4.69) is 48.6 Å². The van der Waals surface area contributed by atoms with Crippen LogP contribution >= 0.6 is 0 Å². The Labute approximate surface area is 375 Å². The molecule has 2 amide bonds. The molecule has 0 aliphatic carbocycles. The number of methoxy groups -OCH3 is 2. The molecule has 4 aliphatic rings. The summed E-state index contributed by atoms with van der Waals surface area (Å²) >= 11 is 0. The number of nitrogens with two attached hydrogens (primary N) is 1. The van der Waals surface area contributed by atoms with Crippen molar-refractivity contribution < 1.29 is 42.8 Å². The van der Waals surface area contributed by atoms with Gasteiger partial charge < -0.3 is 44.1 Å². The zero-order chi connectivity index (χ0) is 45.7. The Morgan fingerprint density at radius 2 is 1.61 bits per heavy atom. The largest absolute Gasteiger partial charge is 0.469 e. The van der Waals surface area contributed by atoms with Crippen molar-refractivity contribution in [2.75, 3.05) is 93.2 Å². The summed E-state index contributed by atoms with van der Waals surface area (Å²) in [4.78, 5) is 63.7. The van der Waals surface area contributed by atoms with Gasteiger partial charge in [-0.3, -0.25) is 29.2 Å². The van der Waals surface area contributed by atoms with Crippen LogP contribution in [0, 0.1) is 13.8 Å². The fourth-order valence-electron chi connectivity index (χ4n) is 9.45. The van der Waals surface area contributed by atoms with Crippen LogP contribution < -0.4 is 5.73 Å². The Kier molecular flexibility index (Phi) is 15.5. The Hall–Kier alpha value is -4.81. The number of rotatable bonds is 19. The maximum atomic E-state index is 15.1. The van der Waals surface area contributed by atoms with Gasteiger partial charge in [0.15, 0.2) is 0 Å². The first kappa shape index (κ1) is 47.2. The number of allylic oxidation sites excluding steroid dienone is 2. The number of morpholine rings is 1. The zero-order valence-electron chi connectivity index (χ0n) is 38.7. The zero-order valence-corrected chi connectivity index (χ0v) is 38.7. The molecule has 0 spiro atoms. The van der Waals surface area contributed by atoms with Crippen molar-refractivity contribution in [3.63, 3.8) is 0 Å². The normalized spacial score (nSPS) is 19.5. The number of hydrogen-bond donors (Lipinski definition) is 3. The molecule has 1 fully saturated rings. The predicted molar refractivity (Wildman–Crippen MR) is 244 cm³/mol. The lowest BCUT2D eigenvalue weighted by atomic mass is 9.84. The molecule has 64 heavy (non-hydrogen) atoms. The van der Waals surface area contributed by atoms with Crippen LogP contribution in [0.25, 0.3) is 33.2 Å². The van der Waals surface area contributed by atoms with E-state index in [-0.39, 0.29) is 48.9 Å². The van der Waals surface area contributed by atoms with Crippen LogP contribution in [0.1, 0.15) is 125 Å². The van der Waals surface area contributed by atoms with Crippen molar-refractivity contribution in [3.05, 3.63) is 68.8 Å². The minimum atomic E-state index is -0.423. The SMILES string of the molecule is CCC1=C(C)c2cc3[nH]c(cc4nc(c5c6[nH]c(cc1n2)c(C)c6C(=O)N(CCN1CCOC(CN)C1)C5=O)[C@@H](CCC(=O)OC)[C@@H]4C)c(C)c3C(C)OCCOCCOCCOC. The molecule has 1 saturated heterocycles. The summed E-state index contributed by atoms with van der Waals surface area (Å²) in [6, 6.07) is 6.12. The Bertz CT molecular complexity index is 2420. The number of esters is 1. The molecule has 2 unspecified atom stereocenters. The van der Waals surface area contributed by atoms with Gasteiger partial charge in [0.25, 0.3) is 11.8 Å². The Morgan fingerprint density at radius 3 is 2.33 bits per heavy atom. The molecule has 4 atom stereocenters. The van der Waals surface area contributed by atoms with Gasteiger partial charge in [-0.15, -0.1) is 0 Å². The highest BCUT2D eigenvalue weighted by Gasteiger charge is 2.41. The number of H-pyrrole nitrogens is 2. The molecular formula is C48H65N7O9. The lowest BCUT2D eigenvalue weighted by molar-refractivity contribution is -0.140. The van der Waals surface area contributed by atoms with E-state index >= 15 is 4.79 Å². The average molecular weight is 884 g/mol. The molecule has 16 nitrogen and oxygen atoms in total. The van der Waals surface area contributed by atoms with Gasteiger partial charge in [-0.05, 0) is 81.0 Å². The van der Waals surface area contributed by atoms with E-state index in [0.29, 0.717) is 107 Å². The first-order valence-corrected chi connectivity index (χ1v) is 22.6. The van der Waals surface area contributed by atoms with Gasteiger partial charge in [-0.1, -0.05) is 13.8 Å². The molecule has 346 valence electrons. The molecular weight excluding hydrogens is 819 g/mol. The van der Waals surface area contributed by atoms with E-state index in [4.69, 9.17) is 44.1 Å². The van der Waals surface area contributed by atoms with E-state index in [9.17, 15) is 9.59 Å². The van der Waals surface area contributed by atoms with Gasteiger partial charge in [0.05, 0.1) is 99.3 Å². The van der Waals surface area contributed by atoms with Crippen molar-refractivity contribution >= 4 is 51.0 Å². The number of aromatic nitrogens is 4. The van der Waals surface area contributed by atoms with Gasteiger partial charge in [0.1, 0.15) is 0 Å². The third-order valence-electron chi connectivity index (χ3n) is 13.2. The first-order valence-electron chi connectivity index (χ1n) is 22.6. The fourth-order valence-corrected chi connectivity index (χ4v) is 9.45. The number of fused-ring (bicyclic) bond motifs is 8. The number of aromatic amines is 2. The highest BCUT2D eigenvalue weighted by atomic mass is 16.6. The molecule has 0 radical (unpaired) electrons. The van der Waals surface area contributed by atoms with E-state index < -0.39 is 5.91 Å². The molecule has 8 bridgehead atoms. The monoisotopic (exact) mass is 883 g/mol. The van der Waals surface area contributed by atoms with E-state index in [1.165, 1.54) is 12.0 Å². The van der Waals surface area contributed by atoms with Gasteiger partial charge in [-0.25, -0.2) is 4.98 Å². The van der Waals surface area contributed by atoms with Crippen molar-refractivity contribution in [1.29, 1.82) is 0 Å². The highest BCUT2D eigenvalue weighted by Crippen LogP contribution is 2.44. The number of nitrogens with zero attached hydrogens (tertiary/aromatic N) is 4. The number of hydrogen-bond acceptors (Lipinski definition) is 13. The molecule has 3 aromatic rings. The molecule has 0 aromatic carbocycles. The lowest BCUT2D eigenvalue weighted by Gasteiger charge is -2.34. The summed E-state index contributed by atoms with van der Waals surface area (Å²) in [5.41, 5.74) is 17.3. The minimum Gasteiger partial charge on any atom is -0.469 e. The van der Waals surface area contributed by atoms with Gasteiger partial charge in [-0.2, -0.15) is 0 Å². The van der Waals surface area contributed by atoms with Crippen LogP contribution in [0.4, 0.5) is 0 Å². The van der Waals surface area contributed by atoms with Crippen LogP contribution in [-0.2, 0) is 33.2 Å². The molecule has 7 rings (SSSR count). The first-order chi connectivity index (χ1) is 30.9. The van der Waals surface area contributed by atoms with Gasteiger partial charge in [0, 0.05) is 85.9 Å². The quantitative estimate of drug-likeness (QED) is 0.0708. The smallest absolute Gasteiger partial charge is 0.305 e. The number of carbonyl (C=O) groups excluding carboxylic acids is 3. The fraction of sp³-hybridized carbons (Fsp3) is 0.562. The second-order valence-corrected chi connectivity index (χ2v) is 17.0. The lowest BCUT2D eigenvalue weighted by Crippen LogP contribution is -2.50. The third-order valence-corrected chi connectivity index (χ3v) is 13.2. The maximum Gasteiger partial charge on any atom is 0.305 e. The van der Waals surface area contributed by atoms with E-state index in [1.54, 1.807) is 7.11 Å². The highest BCUT2D eigenvalue weighted by molar-refractivity contribution is 6.23. The van der Waals surface area contributed by atoms with Gasteiger partial charge in [0.2, 0.25) is 0 Å². The van der Waals surface area contributed by atoms with Crippen LogP contribution in [0.15, 0.2) is 18.2 Å². The number of amides is 2. The average Bonchev–Trinajstić information content (AvgIpc) is 3.97. The third kappa shape index (κ3) is 9.74. The van der Waals surface area contributed by atoms with Crippen LogP contribution in [-0.4, -0.2) is 147 Å². The topological polar surface area (TPSA) is 196 Å². The van der Waals surface area contributed by atoms with Crippen LogP contribution in [0.2, 0.25) is 0 Å². The van der Waals surface area contributed by atoms with Crippen molar-refractivity contribution in [1.82, 2.24) is 29.7 Å². The number of imide groups is 1. The predicted octanol–water partition coefficient (Wildman–Crippen LogP) is 6.13. The van der Waals surface area contributed by atoms with Crippen molar-refractivity contribution in [2.45, 2.75) is 84.8 Å². The molecule has 16 heteroatoms. The molecule has 4 N–H and O–H groups in total. The van der Waals surface area contributed by atoms with Crippen molar-refractivity contribution in [2.24, 2.45) is 5.73 Å². The van der Waals surface area contributed by atoms with Crippen LogP contribution in [0.5, 0.6) is 0 Å². The molecule has 7 heterocycles.